The van der Waals surface area contributed by atoms with Gasteiger partial charge in [0.15, 0.2) is 5.76 Å². The fraction of sp³-hybridized carbons (Fsp3) is 0.450. The Morgan fingerprint density at radius 3 is 2.70 bits per heavy atom. The topological polar surface area (TPSA) is 66.7 Å². The molecule has 6 nitrogen and oxygen atoms in total. The SMILES string of the molecule is CC(C)N1CC(C(=O)N2CCc3noc(-c4ccc(F)cc4)c3C2)CC1=O. The van der Waals surface area contributed by atoms with Crippen LogP contribution in [0, 0.1) is 11.7 Å². The standard InChI is InChI=1S/C20H22FN3O3/c1-12(2)24-10-14(9-18(24)25)20(26)23-8-7-17-16(11-23)19(27-22-17)13-3-5-15(21)6-4-13/h3-6,12,14H,7-11H2,1-2H3. The molecule has 0 radical (unpaired) electrons. The lowest BCUT2D eigenvalue weighted by molar-refractivity contribution is -0.136. The summed E-state index contributed by atoms with van der Waals surface area (Å²) in [6.45, 7) is 5.37. The fourth-order valence-corrected chi connectivity index (χ4v) is 3.88. The van der Waals surface area contributed by atoms with Gasteiger partial charge >= 0.3 is 0 Å². The third-order valence-electron chi connectivity index (χ3n) is 5.39. The highest BCUT2D eigenvalue weighted by atomic mass is 19.1. The summed E-state index contributed by atoms with van der Waals surface area (Å²) in [6.07, 6.45) is 0.884. The van der Waals surface area contributed by atoms with Gasteiger partial charge in [-0.15, -0.1) is 0 Å². The molecule has 0 N–H and O–H groups in total. The number of rotatable bonds is 3. The van der Waals surface area contributed by atoms with Crippen molar-refractivity contribution in [2.24, 2.45) is 5.92 Å². The summed E-state index contributed by atoms with van der Waals surface area (Å²) in [5.74, 6) is 0.00960. The van der Waals surface area contributed by atoms with Crippen molar-refractivity contribution in [1.82, 2.24) is 15.0 Å². The molecular formula is C20H22FN3O3. The van der Waals surface area contributed by atoms with Gasteiger partial charge in [0, 0.05) is 43.1 Å². The maximum atomic E-state index is 13.2. The van der Waals surface area contributed by atoms with E-state index in [9.17, 15) is 14.0 Å². The molecule has 4 rings (SSSR count). The van der Waals surface area contributed by atoms with Crippen LogP contribution in [0.25, 0.3) is 11.3 Å². The Morgan fingerprint density at radius 2 is 2.04 bits per heavy atom. The third-order valence-corrected chi connectivity index (χ3v) is 5.39. The van der Waals surface area contributed by atoms with Crippen molar-refractivity contribution in [2.45, 2.75) is 39.3 Å². The second-order valence-corrected chi connectivity index (χ2v) is 7.49. The van der Waals surface area contributed by atoms with Crippen molar-refractivity contribution in [3.8, 4) is 11.3 Å². The van der Waals surface area contributed by atoms with Crippen molar-refractivity contribution in [3.05, 3.63) is 41.3 Å². The van der Waals surface area contributed by atoms with Crippen LogP contribution in [0.3, 0.4) is 0 Å². The molecule has 0 saturated carbocycles. The zero-order chi connectivity index (χ0) is 19.1. The van der Waals surface area contributed by atoms with Crippen molar-refractivity contribution in [1.29, 1.82) is 0 Å². The Bertz CT molecular complexity index is 875. The van der Waals surface area contributed by atoms with E-state index < -0.39 is 0 Å². The highest BCUT2D eigenvalue weighted by Gasteiger charge is 2.39. The summed E-state index contributed by atoms with van der Waals surface area (Å²) in [7, 11) is 0. The predicted molar refractivity (Wildman–Crippen MR) is 96.0 cm³/mol. The molecule has 1 saturated heterocycles. The first-order chi connectivity index (χ1) is 12.9. The van der Waals surface area contributed by atoms with E-state index in [0.29, 0.717) is 31.8 Å². The quantitative estimate of drug-likeness (QED) is 0.832. The number of benzene rings is 1. The van der Waals surface area contributed by atoms with Crippen molar-refractivity contribution >= 4 is 11.8 Å². The number of nitrogens with zero attached hydrogens (tertiary/aromatic N) is 3. The first-order valence-corrected chi connectivity index (χ1v) is 9.25. The van der Waals surface area contributed by atoms with Crippen LogP contribution in [-0.2, 0) is 22.6 Å². The molecule has 1 aromatic heterocycles. The minimum absolute atomic E-state index is 0.00315. The van der Waals surface area contributed by atoms with Gasteiger partial charge in [-0.3, -0.25) is 9.59 Å². The van der Waals surface area contributed by atoms with Gasteiger partial charge < -0.3 is 14.3 Å². The Kier molecular flexibility index (Phi) is 4.45. The van der Waals surface area contributed by atoms with E-state index in [1.54, 1.807) is 21.9 Å². The molecule has 7 heteroatoms. The van der Waals surface area contributed by atoms with Crippen LogP contribution in [-0.4, -0.2) is 45.9 Å². The molecule has 0 spiro atoms. The number of carbonyl (C=O) groups excluding carboxylic acids is 2. The molecule has 3 heterocycles. The van der Waals surface area contributed by atoms with E-state index in [-0.39, 0.29) is 36.0 Å². The summed E-state index contributed by atoms with van der Waals surface area (Å²) in [5, 5.41) is 4.13. The van der Waals surface area contributed by atoms with Gasteiger partial charge in [0.1, 0.15) is 5.82 Å². The van der Waals surface area contributed by atoms with Gasteiger partial charge in [0.2, 0.25) is 11.8 Å². The Balaban J connectivity index is 1.53. The van der Waals surface area contributed by atoms with E-state index in [0.717, 1.165) is 16.8 Å². The third kappa shape index (κ3) is 3.22. The van der Waals surface area contributed by atoms with E-state index in [1.165, 1.54) is 12.1 Å². The molecule has 0 aliphatic carbocycles. The molecule has 2 aliphatic rings. The van der Waals surface area contributed by atoms with Crippen LogP contribution in [0.1, 0.15) is 31.5 Å². The van der Waals surface area contributed by atoms with Gasteiger partial charge in [0.05, 0.1) is 18.2 Å². The second kappa shape index (κ2) is 6.79. The van der Waals surface area contributed by atoms with Crippen LogP contribution < -0.4 is 0 Å². The number of aromatic nitrogens is 1. The molecule has 2 aromatic rings. The number of carbonyl (C=O) groups is 2. The molecule has 1 atom stereocenters. The molecule has 142 valence electrons. The van der Waals surface area contributed by atoms with Gasteiger partial charge in [-0.25, -0.2) is 4.39 Å². The Morgan fingerprint density at radius 1 is 1.30 bits per heavy atom. The van der Waals surface area contributed by atoms with Crippen LogP contribution >= 0.6 is 0 Å². The van der Waals surface area contributed by atoms with Crippen molar-refractivity contribution in [2.75, 3.05) is 13.1 Å². The molecule has 2 aliphatic heterocycles. The minimum Gasteiger partial charge on any atom is -0.356 e. The lowest BCUT2D eigenvalue weighted by Crippen LogP contribution is -2.41. The molecule has 2 amide bonds. The molecule has 0 bridgehead atoms. The van der Waals surface area contributed by atoms with Gasteiger partial charge in [-0.2, -0.15) is 0 Å². The zero-order valence-electron chi connectivity index (χ0n) is 15.4. The normalized spacial score (nSPS) is 19.7. The van der Waals surface area contributed by atoms with Gasteiger partial charge in [0.25, 0.3) is 0 Å². The van der Waals surface area contributed by atoms with E-state index in [1.807, 2.05) is 13.8 Å². The number of amides is 2. The highest BCUT2D eigenvalue weighted by molar-refractivity contribution is 5.89. The number of likely N-dealkylation sites (tertiary alicyclic amines) is 1. The molecule has 1 aromatic carbocycles. The predicted octanol–water partition coefficient (Wildman–Crippen LogP) is 2.62. The number of hydrogen-bond donors (Lipinski definition) is 0. The molecule has 1 fully saturated rings. The fourth-order valence-electron chi connectivity index (χ4n) is 3.88. The average molecular weight is 371 g/mol. The largest absolute Gasteiger partial charge is 0.356 e. The minimum atomic E-state index is -0.315. The lowest BCUT2D eigenvalue weighted by Gasteiger charge is -2.29. The highest BCUT2D eigenvalue weighted by Crippen LogP contribution is 2.32. The van der Waals surface area contributed by atoms with Crippen LogP contribution in [0.15, 0.2) is 28.8 Å². The average Bonchev–Trinajstić information content (AvgIpc) is 3.25. The summed E-state index contributed by atoms with van der Waals surface area (Å²) in [5.41, 5.74) is 2.44. The van der Waals surface area contributed by atoms with E-state index in [4.69, 9.17) is 4.52 Å². The van der Waals surface area contributed by atoms with E-state index >= 15 is 0 Å². The van der Waals surface area contributed by atoms with Crippen LogP contribution in [0.5, 0.6) is 0 Å². The van der Waals surface area contributed by atoms with Crippen LogP contribution in [0.4, 0.5) is 4.39 Å². The molecule has 1 unspecified atom stereocenters. The maximum absolute atomic E-state index is 13.2. The van der Waals surface area contributed by atoms with E-state index in [2.05, 4.69) is 5.16 Å². The summed E-state index contributed by atoms with van der Waals surface area (Å²) in [6, 6.07) is 6.15. The molecule has 27 heavy (non-hydrogen) atoms. The van der Waals surface area contributed by atoms with Gasteiger partial charge in [-0.1, -0.05) is 5.16 Å². The number of halogens is 1. The summed E-state index contributed by atoms with van der Waals surface area (Å²) < 4.78 is 18.7. The Hall–Kier alpha value is -2.70. The zero-order valence-corrected chi connectivity index (χ0v) is 15.4. The first-order valence-electron chi connectivity index (χ1n) is 9.25. The number of fused-ring (bicyclic) bond motifs is 1. The Labute approximate surface area is 156 Å². The van der Waals surface area contributed by atoms with Crippen molar-refractivity contribution in [3.63, 3.8) is 0 Å². The second-order valence-electron chi connectivity index (χ2n) is 7.49. The maximum Gasteiger partial charge on any atom is 0.228 e. The van der Waals surface area contributed by atoms with Gasteiger partial charge in [-0.05, 0) is 38.1 Å². The first kappa shape index (κ1) is 17.7. The summed E-state index contributed by atoms with van der Waals surface area (Å²) in [4.78, 5) is 28.7. The monoisotopic (exact) mass is 371 g/mol. The van der Waals surface area contributed by atoms with Crippen LogP contribution in [0.2, 0.25) is 0 Å². The summed E-state index contributed by atoms with van der Waals surface area (Å²) >= 11 is 0. The lowest BCUT2D eigenvalue weighted by atomic mass is 9.99. The van der Waals surface area contributed by atoms with Crippen molar-refractivity contribution < 1.29 is 18.5 Å². The molecular weight excluding hydrogens is 349 g/mol. The smallest absolute Gasteiger partial charge is 0.228 e. The number of hydrogen-bond acceptors (Lipinski definition) is 4.